The lowest BCUT2D eigenvalue weighted by atomic mass is 10.1. The van der Waals surface area contributed by atoms with Gasteiger partial charge in [0.15, 0.2) is 0 Å². The van der Waals surface area contributed by atoms with Gasteiger partial charge in [0.2, 0.25) is 5.88 Å². The fraction of sp³-hybridized carbons (Fsp3) is 0.0909. The molecule has 0 atom stereocenters. The molecule has 2 aromatic carbocycles. The highest BCUT2D eigenvalue weighted by molar-refractivity contribution is 5.85. The minimum absolute atomic E-state index is 0.672. The number of fused-ring (bicyclic) bond motifs is 1. The Morgan fingerprint density at radius 2 is 2.00 bits per heavy atom. The van der Waals surface area contributed by atoms with Crippen molar-refractivity contribution in [3.8, 4) is 22.9 Å². The second-order valence-electron chi connectivity index (χ2n) is 6.56. The molecule has 6 heteroatoms. The van der Waals surface area contributed by atoms with Crippen LogP contribution in [0, 0.1) is 0 Å². The Bertz CT molecular complexity index is 1230. The monoisotopic (exact) mass is 370 g/mol. The molecule has 3 aromatic heterocycles. The van der Waals surface area contributed by atoms with Gasteiger partial charge in [0.25, 0.3) is 0 Å². The zero-order valence-corrected chi connectivity index (χ0v) is 15.3. The highest BCUT2D eigenvalue weighted by Crippen LogP contribution is 2.29. The number of benzene rings is 2. The number of aromatic nitrogens is 4. The largest absolute Gasteiger partial charge is 0.497 e. The van der Waals surface area contributed by atoms with Gasteiger partial charge in [0, 0.05) is 35.6 Å². The Hall–Kier alpha value is -3.80. The Morgan fingerprint density at radius 1 is 1.07 bits per heavy atom. The average molecular weight is 370 g/mol. The van der Waals surface area contributed by atoms with Crippen LogP contribution in [0.3, 0.4) is 0 Å². The Labute approximate surface area is 161 Å². The first-order valence-electron chi connectivity index (χ1n) is 8.98. The lowest BCUT2D eigenvalue weighted by Gasteiger charge is -2.00. The minimum Gasteiger partial charge on any atom is -0.497 e. The highest BCUT2D eigenvalue weighted by atomic mass is 16.5. The number of nitrogens with zero attached hydrogens (tertiary/aromatic N) is 4. The summed E-state index contributed by atoms with van der Waals surface area (Å²) in [5.74, 6) is 1.46. The van der Waals surface area contributed by atoms with E-state index in [0.29, 0.717) is 5.88 Å². The van der Waals surface area contributed by atoms with Crippen LogP contribution in [-0.4, -0.2) is 26.4 Å². The molecule has 6 nitrogen and oxygen atoms in total. The van der Waals surface area contributed by atoms with Crippen molar-refractivity contribution in [2.45, 2.75) is 6.54 Å². The van der Waals surface area contributed by atoms with Gasteiger partial charge in [-0.15, -0.1) is 0 Å². The van der Waals surface area contributed by atoms with Crippen LogP contribution in [0.4, 0.5) is 0 Å². The molecule has 0 bridgehead atoms. The van der Waals surface area contributed by atoms with Crippen LogP contribution < -0.4 is 4.74 Å². The maximum atomic E-state index is 5.69. The summed E-state index contributed by atoms with van der Waals surface area (Å²) in [7, 11) is 1.65. The summed E-state index contributed by atoms with van der Waals surface area (Å²) in [5, 5.41) is 5.44. The molecular weight excluding hydrogens is 352 g/mol. The van der Waals surface area contributed by atoms with Crippen molar-refractivity contribution in [1.82, 2.24) is 19.3 Å². The molecule has 28 heavy (non-hydrogen) atoms. The maximum Gasteiger partial charge on any atom is 0.236 e. The van der Waals surface area contributed by atoms with Crippen molar-refractivity contribution in [3.05, 3.63) is 85.1 Å². The van der Waals surface area contributed by atoms with Crippen LogP contribution in [0.1, 0.15) is 5.56 Å². The predicted octanol–water partition coefficient (Wildman–Crippen LogP) is 4.54. The molecule has 0 fully saturated rings. The molecule has 3 heterocycles. The van der Waals surface area contributed by atoms with E-state index in [0.717, 1.165) is 29.1 Å². The van der Waals surface area contributed by atoms with Crippen LogP contribution >= 0.6 is 0 Å². The normalized spacial score (nSPS) is 11.2. The Morgan fingerprint density at radius 3 is 2.86 bits per heavy atom. The van der Waals surface area contributed by atoms with Crippen LogP contribution in [-0.2, 0) is 6.54 Å². The number of rotatable bonds is 5. The van der Waals surface area contributed by atoms with E-state index in [-0.39, 0.29) is 0 Å². The zero-order valence-electron chi connectivity index (χ0n) is 15.3. The topological polar surface area (TPSA) is 58.0 Å². The zero-order chi connectivity index (χ0) is 18.9. The van der Waals surface area contributed by atoms with Crippen molar-refractivity contribution in [3.63, 3.8) is 0 Å². The maximum absolute atomic E-state index is 5.69. The van der Waals surface area contributed by atoms with Gasteiger partial charge in [-0.3, -0.25) is 4.57 Å². The quantitative estimate of drug-likeness (QED) is 0.456. The Balaban J connectivity index is 1.57. The summed E-state index contributed by atoms with van der Waals surface area (Å²) in [6.07, 6.45) is 7.67. The number of methoxy groups -OCH3 is 1. The summed E-state index contributed by atoms with van der Waals surface area (Å²) >= 11 is 0. The van der Waals surface area contributed by atoms with E-state index in [2.05, 4.69) is 28.5 Å². The fourth-order valence-electron chi connectivity index (χ4n) is 3.43. The summed E-state index contributed by atoms with van der Waals surface area (Å²) in [6.45, 7) is 0.740. The SMILES string of the molecule is COc1cccc(-c2cc(-n3cc(Cn4ccnc4)c4ccccc43)on2)c1. The minimum atomic E-state index is 0.672. The molecule has 0 amide bonds. The summed E-state index contributed by atoms with van der Waals surface area (Å²) < 4.78 is 15.1. The van der Waals surface area contributed by atoms with E-state index in [4.69, 9.17) is 9.26 Å². The van der Waals surface area contributed by atoms with Gasteiger partial charge < -0.3 is 13.8 Å². The molecule has 0 aliphatic carbocycles. The molecule has 0 aliphatic heterocycles. The van der Waals surface area contributed by atoms with E-state index in [9.17, 15) is 0 Å². The standard InChI is InChI=1S/C22H18N4O2/c1-27-18-6-4-5-16(11-18)20-12-22(28-24-20)26-14-17(13-25-10-9-23-15-25)19-7-2-3-8-21(19)26/h2-12,14-15H,13H2,1H3. The first-order valence-corrected chi connectivity index (χ1v) is 8.98. The molecule has 0 unspecified atom stereocenters. The van der Waals surface area contributed by atoms with Gasteiger partial charge in [-0.25, -0.2) is 4.98 Å². The van der Waals surface area contributed by atoms with E-state index in [1.54, 1.807) is 13.3 Å². The second kappa shape index (κ2) is 6.74. The molecule has 0 saturated carbocycles. The third-order valence-electron chi connectivity index (χ3n) is 4.81. The number of para-hydroxylation sites is 1. The first kappa shape index (κ1) is 16.4. The number of imidazole rings is 1. The summed E-state index contributed by atoms with van der Waals surface area (Å²) in [4.78, 5) is 4.13. The fourth-order valence-corrected chi connectivity index (χ4v) is 3.43. The van der Waals surface area contributed by atoms with Gasteiger partial charge in [-0.05, 0) is 23.8 Å². The van der Waals surface area contributed by atoms with Crippen molar-refractivity contribution in [1.29, 1.82) is 0 Å². The average Bonchev–Trinajstić information content (AvgIpc) is 3.49. The molecule has 5 rings (SSSR count). The van der Waals surface area contributed by atoms with Crippen molar-refractivity contribution in [2.24, 2.45) is 0 Å². The predicted molar refractivity (Wildman–Crippen MR) is 107 cm³/mol. The molecule has 0 N–H and O–H groups in total. The van der Waals surface area contributed by atoms with E-state index in [1.165, 1.54) is 10.9 Å². The van der Waals surface area contributed by atoms with Gasteiger partial charge >= 0.3 is 0 Å². The van der Waals surface area contributed by atoms with E-state index >= 15 is 0 Å². The van der Waals surface area contributed by atoms with Gasteiger partial charge in [-0.2, -0.15) is 0 Å². The number of hydrogen-bond donors (Lipinski definition) is 0. The molecule has 5 aromatic rings. The summed E-state index contributed by atoms with van der Waals surface area (Å²) in [6, 6.07) is 18.0. The van der Waals surface area contributed by atoms with Crippen molar-refractivity contribution in [2.75, 3.05) is 7.11 Å². The lowest BCUT2D eigenvalue weighted by Crippen LogP contribution is -1.95. The molecule has 138 valence electrons. The van der Waals surface area contributed by atoms with E-state index < -0.39 is 0 Å². The van der Waals surface area contributed by atoms with E-state index in [1.807, 2.05) is 64.1 Å². The van der Waals surface area contributed by atoms with Crippen LogP contribution in [0.5, 0.6) is 5.75 Å². The van der Waals surface area contributed by atoms with Crippen molar-refractivity contribution < 1.29 is 9.26 Å². The van der Waals surface area contributed by atoms with Crippen LogP contribution in [0.25, 0.3) is 28.0 Å². The Kier molecular flexibility index (Phi) is 3.94. The molecule has 0 radical (unpaired) electrons. The third kappa shape index (κ3) is 2.85. The number of hydrogen-bond acceptors (Lipinski definition) is 4. The third-order valence-corrected chi connectivity index (χ3v) is 4.81. The summed E-state index contributed by atoms with van der Waals surface area (Å²) in [5.41, 5.74) is 3.98. The number of ether oxygens (including phenoxy) is 1. The highest BCUT2D eigenvalue weighted by Gasteiger charge is 2.14. The van der Waals surface area contributed by atoms with Gasteiger partial charge in [-0.1, -0.05) is 35.5 Å². The molecule has 0 saturated heterocycles. The second-order valence-corrected chi connectivity index (χ2v) is 6.56. The molecule has 0 aliphatic rings. The van der Waals surface area contributed by atoms with Crippen LogP contribution in [0.2, 0.25) is 0 Å². The van der Waals surface area contributed by atoms with Gasteiger partial charge in [0.1, 0.15) is 11.4 Å². The smallest absolute Gasteiger partial charge is 0.236 e. The van der Waals surface area contributed by atoms with Crippen molar-refractivity contribution >= 4 is 10.9 Å². The first-order chi connectivity index (χ1) is 13.8. The molecule has 0 spiro atoms. The van der Waals surface area contributed by atoms with Crippen LogP contribution in [0.15, 0.2) is 84.0 Å². The molecular formula is C22H18N4O2. The van der Waals surface area contributed by atoms with Gasteiger partial charge in [0.05, 0.1) is 25.5 Å². The lowest BCUT2D eigenvalue weighted by molar-refractivity contribution is 0.409.